The van der Waals surface area contributed by atoms with Gasteiger partial charge in [0.25, 0.3) is 5.92 Å². The van der Waals surface area contributed by atoms with Crippen molar-refractivity contribution < 1.29 is 23.8 Å². The van der Waals surface area contributed by atoms with Crippen molar-refractivity contribution in [3.05, 3.63) is 11.4 Å². The van der Waals surface area contributed by atoms with E-state index in [0.717, 1.165) is 4.68 Å². The molecule has 1 rings (SSSR count). The van der Waals surface area contributed by atoms with Gasteiger partial charge in [0.05, 0.1) is 5.69 Å². The summed E-state index contributed by atoms with van der Waals surface area (Å²) in [7, 11) is 0. The van der Waals surface area contributed by atoms with Crippen LogP contribution < -0.4 is 0 Å². The van der Waals surface area contributed by atoms with E-state index in [1.165, 1.54) is 0 Å². The summed E-state index contributed by atoms with van der Waals surface area (Å²) in [5.41, 5.74) is -0.225. The second kappa shape index (κ2) is 4.52. The van der Waals surface area contributed by atoms with Crippen LogP contribution in [-0.4, -0.2) is 43.7 Å². The largest absolute Gasteiger partial charge is 0.476 e. The summed E-state index contributed by atoms with van der Waals surface area (Å²) >= 11 is 0. The Kier molecular flexibility index (Phi) is 3.53. The molecule has 0 radical (unpaired) electrons. The Bertz CT molecular complexity index is 392. The Morgan fingerprint density at radius 1 is 1.56 bits per heavy atom. The summed E-state index contributed by atoms with van der Waals surface area (Å²) in [6.45, 7) is -0.593. The minimum absolute atomic E-state index is 0.112. The molecule has 90 valence electrons. The molecular formula is C8H11F2N3O3. The molecule has 0 amide bonds. The molecule has 2 N–H and O–H groups in total. The minimum atomic E-state index is -3.34. The van der Waals surface area contributed by atoms with Crippen molar-refractivity contribution in [1.29, 1.82) is 0 Å². The van der Waals surface area contributed by atoms with Gasteiger partial charge in [0, 0.05) is 0 Å². The normalized spacial score (nSPS) is 11.8. The van der Waals surface area contributed by atoms with Gasteiger partial charge in [0.2, 0.25) is 0 Å². The molecule has 1 heterocycles. The predicted octanol–water partition coefficient (Wildman–Crippen LogP) is 0.166. The number of aliphatic hydroxyl groups is 1. The standard InChI is InChI=1S/C8H11F2N3O3/c1-2-5-6(7(15)16)11-12-13(5)3-8(9,10)4-14/h14H,2-4H2,1H3,(H,15,16). The second-order valence-corrected chi connectivity index (χ2v) is 3.22. The molecule has 8 heteroatoms. The Hall–Kier alpha value is -1.57. The number of alkyl halides is 2. The third-order valence-corrected chi connectivity index (χ3v) is 1.99. The fourth-order valence-electron chi connectivity index (χ4n) is 1.24. The van der Waals surface area contributed by atoms with Crippen LogP contribution >= 0.6 is 0 Å². The Morgan fingerprint density at radius 2 is 2.19 bits per heavy atom. The van der Waals surface area contributed by atoms with Crippen molar-refractivity contribution in [2.75, 3.05) is 6.61 Å². The zero-order valence-electron chi connectivity index (χ0n) is 8.52. The summed E-state index contributed by atoms with van der Waals surface area (Å²) in [4.78, 5) is 10.7. The van der Waals surface area contributed by atoms with Gasteiger partial charge in [-0.15, -0.1) is 5.10 Å². The van der Waals surface area contributed by atoms with E-state index in [9.17, 15) is 13.6 Å². The lowest BCUT2D eigenvalue weighted by Gasteiger charge is -2.13. The van der Waals surface area contributed by atoms with Gasteiger partial charge in [-0.05, 0) is 6.42 Å². The first-order chi connectivity index (χ1) is 7.41. The van der Waals surface area contributed by atoms with Gasteiger partial charge < -0.3 is 10.2 Å². The highest BCUT2D eigenvalue weighted by Crippen LogP contribution is 2.17. The lowest BCUT2D eigenvalue weighted by atomic mass is 10.2. The molecular weight excluding hydrogens is 224 g/mol. The van der Waals surface area contributed by atoms with Gasteiger partial charge in [-0.1, -0.05) is 12.1 Å². The van der Waals surface area contributed by atoms with E-state index in [0.29, 0.717) is 0 Å². The van der Waals surface area contributed by atoms with Crippen molar-refractivity contribution >= 4 is 5.97 Å². The molecule has 16 heavy (non-hydrogen) atoms. The molecule has 1 aromatic rings. The van der Waals surface area contributed by atoms with Gasteiger partial charge in [-0.25, -0.2) is 18.3 Å². The molecule has 0 bridgehead atoms. The average Bonchev–Trinajstić information content (AvgIpc) is 2.60. The first kappa shape index (κ1) is 12.5. The maximum atomic E-state index is 12.9. The minimum Gasteiger partial charge on any atom is -0.476 e. The van der Waals surface area contributed by atoms with Crippen LogP contribution in [0.1, 0.15) is 23.1 Å². The molecule has 0 spiro atoms. The van der Waals surface area contributed by atoms with Crippen LogP contribution in [0.25, 0.3) is 0 Å². The zero-order valence-corrected chi connectivity index (χ0v) is 8.52. The molecule has 0 aromatic carbocycles. The van der Waals surface area contributed by atoms with Gasteiger partial charge in [0.1, 0.15) is 13.2 Å². The Labute approximate surface area is 89.5 Å². The van der Waals surface area contributed by atoms with E-state index in [1.807, 2.05) is 0 Å². The number of carboxylic acids is 1. The molecule has 0 unspecified atom stereocenters. The van der Waals surface area contributed by atoms with Crippen LogP contribution in [0.4, 0.5) is 8.78 Å². The molecule has 0 atom stereocenters. The summed E-state index contributed by atoms with van der Waals surface area (Å²) in [6, 6.07) is 0. The van der Waals surface area contributed by atoms with Gasteiger partial charge in [0.15, 0.2) is 5.69 Å². The van der Waals surface area contributed by atoms with Crippen molar-refractivity contribution in [3.8, 4) is 0 Å². The first-order valence-electron chi connectivity index (χ1n) is 4.55. The van der Waals surface area contributed by atoms with E-state index in [1.54, 1.807) is 6.92 Å². The smallest absolute Gasteiger partial charge is 0.358 e. The molecule has 0 aliphatic carbocycles. The Morgan fingerprint density at radius 3 is 2.62 bits per heavy atom. The maximum absolute atomic E-state index is 12.9. The summed E-state index contributed by atoms with van der Waals surface area (Å²) in [5, 5.41) is 23.8. The third kappa shape index (κ3) is 2.51. The second-order valence-electron chi connectivity index (χ2n) is 3.22. The number of aromatic nitrogens is 3. The van der Waals surface area contributed by atoms with E-state index in [2.05, 4.69) is 10.3 Å². The van der Waals surface area contributed by atoms with Crippen LogP contribution in [0.5, 0.6) is 0 Å². The molecule has 0 fully saturated rings. The first-order valence-corrected chi connectivity index (χ1v) is 4.55. The quantitative estimate of drug-likeness (QED) is 0.759. The van der Waals surface area contributed by atoms with E-state index in [4.69, 9.17) is 10.2 Å². The maximum Gasteiger partial charge on any atom is 0.358 e. The van der Waals surface area contributed by atoms with E-state index in [-0.39, 0.29) is 17.8 Å². The fraction of sp³-hybridized carbons (Fsp3) is 0.625. The monoisotopic (exact) mass is 235 g/mol. The SMILES string of the molecule is CCc1c(C(=O)O)nnn1CC(F)(F)CO. The summed E-state index contributed by atoms with van der Waals surface area (Å²) in [5.74, 6) is -4.65. The average molecular weight is 235 g/mol. The van der Waals surface area contributed by atoms with Gasteiger partial charge in [-0.3, -0.25) is 0 Å². The lowest BCUT2D eigenvalue weighted by Crippen LogP contribution is -2.29. The number of carboxylic acid groups (broad SMARTS) is 1. The number of aromatic carboxylic acids is 1. The number of nitrogens with zero attached hydrogens (tertiary/aromatic N) is 3. The lowest BCUT2D eigenvalue weighted by molar-refractivity contribution is -0.0660. The summed E-state index contributed by atoms with van der Waals surface area (Å²) < 4.78 is 26.6. The number of hydrogen-bond acceptors (Lipinski definition) is 4. The number of carbonyl (C=O) groups is 1. The molecule has 1 aromatic heterocycles. The third-order valence-electron chi connectivity index (χ3n) is 1.99. The number of aliphatic hydroxyl groups excluding tert-OH is 1. The van der Waals surface area contributed by atoms with E-state index >= 15 is 0 Å². The topological polar surface area (TPSA) is 88.2 Å². The zero-order chi connectivity index (χ0) is 12.3. The highest BCUT2D eigenvalue weighted by atomic mass is 19.3. The number of halogens is 2. The van der Waals surface area contributed by atoms with Crippen molar-refractivity contribution in [2.24, 2.45) is 0 Å². The van der Waals surface area contributed by atoms with Crippen molar-refractivity contribution in [2.45, 2.75) is 25.8 Å². The Balaban J connectivity index is 3.02. The van der Waals surface area contributed by atoms with Crippen LogP contribution in [0, 0.1) is 0 Å². The van der Waals surface area contributed by atoms with Crippen molar-refractivity contribution in [3.63, 3.8) is 0 Å². The summed E-state index contributed by atoms with van der Waals surface area (Å²) in [6.07, 6.45) is 0.218. The molecule has 0 aliphatic heterocycles. The molecule has 6 nitrogen and oxygen atoms in total. The highest BCUT2D eigenvalue weighted by molar-refractivity contribution is 5.86. The molecule has 0 saturated heterocycles. The van der Waals surface area contributed by atoms with E-state index < -0.39 is 25.0 Å². The van der Waals surface area contributed by atoms with Crippen LogP contribution in [0.3, 0.4) is 0 Å². The fourth-order valence-corrected chi connectivity index (χ4v) is 1.24. The van der Waals surface area contributed by atoms with Gasteiger partial charge in [-0.2, -0.15) is 0 Å². The van der Waals surface area contributed by atoms with Crippen LogP contribution in [-0.2, 0) is 13.0 Å². The number of hydrogen-bond donors (Lipinski definition) is 2. The van der Waals surface area contributed by atoms with Gasteiger partial charge >= 0.3 is 5.97 Å². The van der Waals surface area contributed by atoms with Crippen LogP contribution in [0.15, 0.2) is 0 Å². The molecule has 0 aliphatic rings. The molecule has 0 saturated carbocycles. The van der Waals surface area contributed by atoms with Crippen LogP contribution in [0.2, 0.25) is 0 Å². The van der Waals surface area contributed by atoms with Crippen molar-refractivity contribution in [1.82, 2.24) is 15.0 Å². The predicted molar refractivity (Wildman–Crippen MR) is 48.4 cm³/mol. The number of rotatable bonds is 5. The highest BCUT2D eigenvalue weighted by Gasteiger charge is 2.31.